The molecule has 0 N–H and O–H groups in total. The van der Waals surface area contributed by atoms with Gasteiger partial charge in [-0.1, -0.05) is 57.2 Å². The van der Waals surface area contributed by atoms with Crippen molar-refractivity contribution in [2.75, 3.05) is 6.61 Å². The number of hydrogen-bond acceptors (Lipinski definition) is 4. The molecule has 0 aliphatic heterocycles. The lowest BCUT2D eigenvalue weighted by atomic mass is 9.79. The second-order valence-electron chi connectivity index (χ2n) is 12.6. The average molecular weight is 547 g/mol. The van der Waals surface area contributed by atoms with E-state index in [-0.39, 0.29) is 29.8 Å². The molecule has 0 unspecified atom stereocenters. The monoisotopic (exact) mass is 546 g/mol. The van der Waals surface area contributed by atoms with Crippen LogP contribution >= 0.6 is 0 Å². The Hall–Kier alpha value is -2.28. The molecule has 0 atom stereocenters. The highest BCUT2D eigenvalue weighted by Gasteiger charge is 2.55. The highest BCUT2D eigenvalue weighted by molar-refractivity contribution is 7.93. The van der Waals surface area contributed by atoms with Crippen molar-refractivity contribution in [2.45, 2.75) is 94.6 Å². The predicted molar refractivity (Wildman–Crippen MR) is 146 cm³/mol. The molecule has 0 spiro atoms. The number of hydrogen-bond donors (Lipinski definition) is 0. The first-order chi connectivity index (χ1) is 17.7. The van der Waals surface area contributed by atoms with Crippen LogP contribution in [-0.2, 0) is 25.8 Å². The van der Waals surface area contributed by atoms with Gasteiger partial charge in [0.25, 0.3) is 0 Å². The van der Waals surface area contributed by atoms with Gasteiger partial charge in [0, 0.05) is 6.42 Å². The van der Waals surface area contributed by atoms with Gasteiger partial charge in [0.2, 0.25) is 5.92 Å². The maximum atomic E-state index is 14.1. The smallest absolute Gasteiger partial charge is 0.327 e. The van der Waals surface area contributed by atoms with Gasteiger partial charge >= 0.3 is 5.97 Å². The van der Waals surface area contributed by atoms with Gasteiger partial charge < -0.3 is 4.74 Å². The topological polar surface area (TPSA) is 60.4 Å². The number of aryl methyl sites for hydroxylation is 1. The SMILES string of the molecule is CC(C)(C)COC(=O)C1(S(=O)(=O)c2ccc(-c3ccc(CCC(C)(F)F)cc3)cc2)CCC(C2CC2)CC1. The van der Waals surface area contributed by atoms with E-state index in [0.29, 0.717) is 24.7 Å². The van der Waals surface area contributed by atoms with Gasteiger partial charge in [0.1, 0.15) is 0 Å². The van der Waals surface area contributed by atoms with E-state index in [1.54, 1.807) is 24.3 Å². The fourth-order valence-corrected chi connectivity index (χ4v) is 7.42. The lowest BCUT2D eigenvalue weighted by Crippen LogP contribution is -2.50. The molecule has 4 rings (SSSR count). The minimum absolute atomic E-state index is 0.126. The lowest BCUT2D eigenvalue weighted by molar-refractivity contribution is -0.151. The van der Waals surface area contributed by atoms with Crippen molar-refractivity contribution in [3.8, 4) is 11.1 Å². The first-order valence-electron chi connectivity index (χ1n) is 13.7. The van der Waals surface area contributed by atoms with Crippen molar-refractivity contribution >= 4 is 15.8 Å². The van der Waals surface area contributed by atoms with Crippen molar-refractivity contribution in [1.29, 1.82) is 0 Å². The van der Waals surface area contributed by atoms with Crippen LogP contribution in [0.2, 0.25) is 0 Å². The third-order valence-electron chi connectivity index (χ3n) is 7.95. The summed E-state index contributed by atoms with van der Waals surface area (Å²) in [6.07, 6.45) is 4.51. The van der Waals surface area contributed by atoms with E-state index in [1.165, 1.54) is 12.8 Å². The minimum Gasteiger partial charge on any atom is -0.464 e. The van der Waals surface area contributed by atoms with E-state index >= 15 is 0 Å². The molecule has 7 heteroatoms. The summed E-state index contributed by atoms with van der Waals surface area (Å²) in [5.74, 6) is -2.17. The van der Waals surface area contributed by atoms with Gasteiger partial charge in [-0.15, -0.1) is 0 Å². The van der Waals surface area contributed by atoms with Gasteiger partial charge in [-0.05, 0) is 97.9 Å². The Morgan fingerprint density at radius 1 is 0.868 bits per heavy atom. The number of carbonyl (C=O) groups is 1. The predicted octanol–water partition coefficient (Wildman–Crippen LogP) is 7.64. The van der Waals surface area contributed by atoms with Crippen LogP contribution in [0.15, 0.2) is 53.4 Å². The van der Waals surface area contributed by atoms with Crippen LogP contribution < -0.4 is 0 Å². The molecule has 2 aromatic carbocycles. The third-order valence-corrected chi connectivity index (χ3v) is 10.5. The van der Waals surface area contributed by atoms with E-state index in [2.05, 4.69) is 0 Å². The van der Waals surface area contributed by atoms with Crippen LogP contribution in [0, 0.1) is 17.3 Å². The highest BCUT2D eigenvalue weighted by atomic mass is 32.2. The number of alkyl halides is 2. The maximum Gasteiger partial charge on any atom is 0.327 e. The zero-order chi connectivity index (χ0) is 27.8. The zero-order valence-corrected chi connectivity index (χ0v) is 23.8. The van der Waals surface area contributed by atoms with Gasteiger partial charge in [-0.2, -0.15) is 0 Å². The summed E-state index contributed by atoms with van der Waals surface area (Å²) in [6.45, 7) is 6.95. The first-order valence-corrected chi connectivity index (χ1v) is 15.2. The van der Waals surface area contributed by atoms with Crippen LogP contribution in [0.25, 0.3) is 11.1 Å². The summed E-state index contributed by atoms with van der Waals surface area (Å²) in [4.78, 5) is 13.6. The van der Waals surface area contributed by atoms with E-state index in [4.69, 9.17) is 4.74 Å². The summed E-state index contributed by atoms with van der Waals surface area (Å²) in [5, 5.41) is 0. The molecule has 0 saturated heterocycles. The molecule has 0 radical (unpaired) electrons. The third kappa shape index (κ3) is 6.64. The summed E-state index contributed by atoms with van der Waals surface area (Å²) in [7, 11) is -3.99. The number of halogens is 2. The normalized spacial score (nSPS) is 22.7. The number of esters is 1. The van der Waals surface area contributed by atoms with Crippen molar-refractivity contribution < 1.29 is 26.7 Å². The lowest BCUT2D eigenvalue weighted by Gasteiger charge is -2.38. The zero-order valence-electron chi connectivity index (χ0n) is 22.9. The Balaban J connectivity index is 1.55. The fraction of sp³-hybridized carbons (Fsp3) is 0.581. The molecule has 2 saturated carbocycles. The van der Waals surface area contributed by atoms with E-state index in [9.17, 15) is 22.0 Å². The van der Waals surface area contributed by atoms with Crippen LogP contribution in [0.1, 0.15) is 78.2 Å². The fourth-order valence-electron chi connectivity index (χ4n) is 5.42. The average Bonchev–Trinajstić information content (AvgIpc) is 3.71. The Bertz CT molecular complexity index is 1210. The van der Waals surface area contributed by atoms with Crippen molar-refractivity contribution in [3.05, 3.63) is 54.1 Å². The van der Waals surface area contributed by atoms with E-state index < -0.39 is 26.5 Å². The maximum absolute atomic E-state index is 14.1. The summed E-state index contributed by atoms with van der Waals surface area (Å²) < 4.78 is 58.5. The summed E-state index contributed by atoms with van der Waals surface area (Å²) in [5.41, 5.74) is 2.25. The van der Waals surface area contributed by atoms with Gasteiger partial charge in [-0.25, -0.2) is 17.2 Å². The van der Waals surface area contributed by atoms with Crippen molar-refractivity contribution in [3.63, 3.8) is 0 Å². The number of carbonyl (C=O) groups excluding carboxylic acids is 1. The van der Waals surface area contributed by atoms with Crippen LogP contribution in [0.5, 0.6) is 0 Å². The molecule has 2 fully saturated rings. The van der Waals surface area contributed by atoms with Gasteiger partial charge in [-0.3, -0.25) is 4.79 Å². The Kier molecular flexibility index (Phi) is 8.09. The molecule has 0 aromatic heterocycles. The molecule has 38 heavy (non-hydrogen) atoms. The van der Waals surface area contributed by atoms with Crippen LogP contribution in [-0.4, -0.2) is 31.7 Å². The largest absolute Gasteiger partial charge is 0.464 e. The standard InChI is InChI=1S/C31H40F2O4S/c1-29(2,3)21-37-28(34)31(19-16-26(17-20-31)24-9-10-24)38(35,36)27-13-11-25(12-14-27)23-7-5-22(6-8-23)15-18-30(4,32)33/h5-8,11-14,24,26H,9-10,15-21H2,1-4H3. The van der Waals surface area contributed by atoms with E-state index in [1.807, 2.05) is 45.0 Å². The van der Waals surface area contributed by atoms with Gasteiger partial charge in [0.15, 0.2) is 14.6 Å². The number of benzene rings is 2. The summed E-state index contributed by atoms with van der Waals surface area (Å²) in [6, 6.07) is 14.0. The van der Waals surface area contributed by atoms with Crippen LogP contribution in [0.3, 0.4) is 0 Å². The summed E-state index contributed by atoms with van der Waals surface area (Å²) >= 11 is 0. The number of rotatable bonds is 9. The quantitative estimate of drug-likeness (QED) is 0.303. The molecule has 2 aliphatic carbocycles. The molecule has 0 amide bonds. The molecule has 208 valence electrons. The molecule has 4 nitrogen and oxygen atoms in total. The second-order valence-corrected chi connectivity index (χ2v) is 14.9. The molecular formula is C31H40F2O4S. The minimum atomic E-state index is -3.99. The van der Waals surface area contributed by atoms with E-state index in [0.717, 1.165) is 36.5 Å². The molecule has 0 heterocycles. The second kappa shape index (κ2) is 10.7. The Morgan fingerprint density at radius 3 is 1.84 bits per heavy atom. The molecule has 2 aromatic rings. The Labute approximate surface area is 226 Å². The molecular weight excluding hydrogens is 506 g/mol. The van der Waals surface area contributed by atoms with Crippen molar-refractivity contribution in [2.24, 2.45) is 17.3 Å². The first kappa shape index (κ1) is 28.7. The van der Waals surface area contributed by atoms with Gasteiger partial charge in [0.05, 0.1) is 11.5 Å². The number of sulfone groups is 1. The highest BCUT2D eigenvalue weighted by Crippen LogP contribution is 2.49. The van der Waals surface area contributed by atoms with Crippen LogP contribution in [0.4, 0.5) is 8.78 Å². The number of ether oxygens (including phenoxy) is 1. The molecule has 0 bridgehead atoms. The van der Waals surface area contributed by atoms with Crippen molar-refractivity contribution in [1.82, 2.24) is 0 Å². The Morgan fingerprint density at radius 2 is 1.37 bits per heavy atom. The molecule has 2 aliphatic rings.